The van der Waals surface area contributed by atoms with Crippen LogP contribution in [0, 0.1) is 5.82 Å². The minimum Gasteiger partial charge on any atom is -0.496 e. The van der Waals surface area contributed by atoms with Crippen molar-refractivity contribution in [2.45, 2.75) is 18.6 Å². The van der Waals surface area contributed by atoms with E-state index in [1.54, 1.807) is 18.2 Å². The third-order valence-electron chi connectivity index (χ3n) is 5.59. The second-order valence-electron chi connectivity index (χ2n) is 7.32. The van der Waals surface area contributed by atoms with E-state index >= 15 is 0 Å². The molecule has 1 amide bonds. The lowest BCUT2D eigenvalue weighted by Gasteiger charge is -2.37. The smallest absolute Gasteiger partial charge is 0.257 e. The molecule has 2 aliphatic heterocycles. The summed E-state index contributed by atoms with van der Waals surface area (Å²) in [6, 6.07) is 11.8. The number of nitrogens with one attached hydrogen (secondary N) is 2. The highest BCUT2D eigenvalue weighted by Crippen LogP contribution is 2.27. The Morgan fingerprint density at radius 2 is 1.83 bits per heavy atom. The first kappa shape index (κ1) is 20.1. The Balaban J connectivity index is 1.34. The van der Waals surface area contributed by atoms with Gasteiger partial charge in [-0.25, -0.2) is 15.2 Å². The molecular formula is C21H24ClFN4O2. The summed E-state index contributed by atoms with van der Waals surface area (Å²) in [5.41, 5.74) is 8.22. The molecule has 2 heterocycles. The summed E-state index contributed by atoms with van der Waals surface area (Å²) in [5.74, 6) is 0.225. The van der Waals surface area contributed by atoms with Crippen molar-refractivity contribution < 1.29 is 13.9 Å². The average molecular weight is 419 g/mol. The first-order valence-corrected chi connectivity index (χ1v) is 10.1. The minimum absolute atomic E-state index is 0.0418. The van der Waals surface area contributed by atoms with Gasteiger partial charge in [0.25, 0.3) is 5.91 Å². The molecule has 0 spiro atoms. The predicted octanol–water partition coefficient (Wildman–Crippen LogP) is 2.81. The minimum atomic E-state index is -0.227. The molecule has 0 aromatic heterocycles. The van der Waals surface area contributed by atoms with Gasteiger partial charge in [-0.05, 0) is 42.3 Å². The Bertz CT molecular complexity index is 871. The Morgan fingerprint density at radius 1 is 1.10 bits per heavy atom. The van der Waals surface area contributed by atoms with Crippen molar-refractivity contribution in [3.63, 3.8) is 0 Å². The van der Waals surface area contributed by atoms with Crippen LogP contribution in [-0.2, 0) is 0 Å². The van der Waals surface area contributed by atoms with Gasteiger partial charge in [0.05, 0.1) is 18.8 Å². The number of hydrazine groups is 1. The van der Waals surface area contributed by atoms with Gasteiger partial charge in [-0.1, -0.05) is 23.7 Å². The van der Waals surface area contributed by atoms with E-state index in [1.807, 2.05) is 17.0 Å². The number of amides is 1. The maximum Gasteiger partial charge on any atom is 0.257 e. The molecule has 2 aromatic rings. The molecule has 6 nitrogen and oxygen atoms in total. The molecule has 0 bridgehead atoms. The highest BCUT2D eigenvalue weighted by atomic mass is 35.5. The lowest BCUT2D eigenvalue weighted by Crippen LogP contribution is -2.55. The van der Waals surface area contributed by atoms with Crippen LogP contribution in [0.1, 0.15) is 28.4 Å². The lowest BCUT2D eigenvalue weighted by atomic mass is 10.0. The van der Waals surface area contributed by atoms with E-state index in [2.05, 4.69) is 15.8 Å². The van der Waals surface area contributed by atoms with Gasteiger partial charge in [0.15, 0.2) is 0 Å². The monoisotopic (exact) mass is 418 g/mol. The van der Waals surface area contributed by atoms with E-state index in [0.29, 0.717) is 29.4 Å². The molecule has 2 fully saturated rings. The zero-order chi connectivity index (χ0) is 20.4. The molecule has 2 N–H and O–H groups in total. The number of carbonyl (C=O) groups is 1. The van der Waals surface area contributed by atoms with Crippen molar-refractivity contribution in [1.82, 2.24) is 20.7 Å². The summed E-state index contributed by atoms with van der Waals surface area (Å²) < 4.78 is 18.5. The molecule has 2 saturated heterocycles. The van der Waals surface area contributed by atoms with Crippen molar-refractivity contribution >= 4 is 17.5 Å². The summed E-state index contributed by atoms with van der Waals surface area (Å²) in [4.78, 5) is 17.1. The number of piperazine rings is 1. The maximum atomic E-state index is 13.1. The summed E-state index contributed by atoms with van der Waals surface area (Å²) in [5, 5.41) is 0.540. The van der Waals surface area contributed by atoms with Gasteiger partial charge in [-0.3, -0.25) is 9.69 Å². The van der Waals surface area contributed by atoms with Gasteiger partial charge < -0.3 is 9.64 Å². The van der Waals surface area contributed by atoms with Gasteiger partial charge in [-0.15, -0.1) is 0 Å². The van der Waals surface area contributed by atoms with Crippen LogP contribution in [-0.4, -0.2) is 55.2 Å². The second-order valence-corrected chi connectivity index (χ2v) is 7.75. The number of benzene rings is 2. The lowest BCUT2D eigenvalue weighted by molar-refractivity contribution is 0.0542. The second kappa shape index (κ2) is 8.67. The van der Waals surface area contributed by atoms with E-state index in [9.17, 15) is 9.18 Å². The summed E-state index contributed by atoms with van der Waals surface area (Å²) >= 11 is 6.00. The Hall–Kier alpha value is -2.19. The largest absolute Gasteiger partial charge is 0.496 e. The molecule has 8 heteroatoms. The summed E-state index contributed by atoms with van der Waals surface area (Å²) in [6.07, 6.45) is 1.05. The third kappa shape index (κ3) is 4.38. The topological polar surface area (TPSA) is 56.8 Å². The first-order chi connectivity index (χ1) is 14.0. The molecule has 154 valence electrons. The van der Waals surface area contributed by atoms with E-state index in [4.69, 9.17) is 16.3 Å². The standard InChI is InChI=1S/C21H24ClFN4O2/c1-29-19-12-15(22)4-7-17(19)21(28)27-10-8-26(9-11-27)20-13-18(24-25-20)14-2-5-16(23)6-3-14/h2-7,12,18,20,24-25H,8-11,13H2,1H3. The summed E-state index contributed by atoms with van der Waals surface area (Å²) in [6.45, 7) is 2.84. The van der Waals surface area contributed by atoms with Crippen molar-refractivity contribution in [3.05, 3.63) is 64.4 Å². The number of rotatable bonds is 4. The fourth-order valence-corrected chi connectivity index (χ4v) is 4.10. The van der Waals surface area contributed by atoms with Crippen molar-refractivity contribution in [1.29, 1.82) is 0 Å². The molecule has 2 unspecified atom stereocenters. The van der Waals surface area contributed by atoms with E-state index < -0.39 is 0 Å². The molecule has 0 saturated carbocycles. The fraction of sp³-hybridized carbons (Fsp3) is 0.381. The molecule has 2 aliphatic rings. The summed E-state index contributed by atoms with van der Waals surface area (Å²) in [7, 11) is 1.54. The van der Waals surface area contributed by atoms with Crippen molar-refractivity contribution in [3.8, 4) is 5.75 Å². The SMILES string of the molecule is COc1cc(Cl)ccc1C(=O)N1CCN(C2CC(c3ccc(F)cc3)NN2)CC1. The normalized spacial score (nSPS) is 22.7. The van der Waals surface area contributed by atoms with Crippen LogP contribution >= 0.6 is 11.6 Å². The predicted molar refractivity (Wildman–Crippen MR) is 109 cm³/mol. The molecule has 2 aromatic carbocycles. The van der Waals surface area contributed by atoms with Crippen LogP contribution in [0.5, 0.6) is 5.75 Å². The average Bonchev–Trinajstić information content (AvgIpc) is 3.24. The van der Waals surface area contributed by atoms with Crippen LogP contribution in [0.3, 0.4) is 0 Å². The van der Waals surface area contributed by atoms with Gasteiger partial charge in [-0.2, -0.15) is 0 Å². The Kier molecular flexibility index (Phi) is 6.01. The van der Waals surface area contributed by atoms with Gasteiger partial charge in [0.1, 0.15) is 11.6 Å². The number of hydrogen-bond acceptors (Lipinski definition) is 5. The molecule has 4 rings (SSSR count). The molecule has 0 aliphatic carbocycles. The first-order valence-electron chi connectivity index (χ1n) is 9.68. The third-order valence-corrected chi connectivity index (χ3v) is 5.83. The Labute approximate surface area is 174 Å². The molecular weight excluding hydrogens is 395 g/mol. The van der Waals surface area contributed by atoms with Gasteiger partial charge >= 0.3 is 0 Å². The quantitative estimate of drug-likeness (QED) is 0.799. The van der Waals surface area contributed by atoms with Crippen LogP contribution in [0.4, 0.5) is 4.39 Å². The highest BCUT2D eigenvalue weighted by Gasteiger charge is 2.32. The van der Waals surface area contributed by atoms with E-state index in [1.165, 1.54) is 19.2 Å². The molecule has 0 radical (unpaired) electrons. The van der Waals surface area contributed by atoms with E-state index in [-0.39, 0.29) is 23.9 Å². The van der Waals surface area contributed by atoms with Crippen LogP contribution in [0.25, 0.3) is 0 Å². The Morgan fingerprint density at radius 3 is 2.52 bits per heavy atom. The molecule has 29 heavy (non-hydrogen) atoms. The van der Waals surface area contributed by atoms with E-state index in [0.717, 1.165) is 25.1 Å². The van der Waals surface area contributed by atoms with Crippen LogP contribution in [0.2, 0.25) is 5.02 Å². The van der Waals surface area contributed by atoms with Crippen LogP contribution in [0.15, 0.2) is 42.5 Å². The highest BCUT2D eigenvalue weighted by molar-refractivity contribution is 6.30. The number of methoxy groups -OCH3 is 1. The van der Waals surface area contributed by atoms with Gasteiger partial charge in [0, 0.05) is 37.2 Å². The number of halogens is 2. The van der Waals surface area contributed by atoms with Crippen molar-refractivity contribution in [2.75, 3.05) is 33.3 Å². The van der Waals surface area contributed by atoms with Crippen molar-refractivity contribution in [2.24, 2.45) is 0 Å². The zero-order valence-electron chi connectivity index (χ0n) is 16.2. The number of nitrogens with zero attached hydrogens (tertiary/aromatic N) is 2. The zero-order valence-corrected chi connectivity index (χ0v) is 17.0. The number of hydrogen-bond donors (Lipinski definition) is 2. The van der Waals surface area contributed by atoms with Crippen LogP contribution < -0.4 is 15.6 Å². The van der Waals surface area contributed by atoms with Gasteiger partial charge in [0.2, 0.25) is 0 Å². The fourth-order valence-electron chi connectivity index (χ4n) is 3.94. The number of carbonyl (C=O) groups excluding carboxylic acids is 1. The number of ether oxygens (including phenoxy) is 1. The molecule has 2 atom stereocenters. The maximum absolute atomic E-state index is 13.1.